The number of rotatable bonds is 3. The maximum Gasteiger partial charge on any atom is 0.493 e. The Morgan fingerprint density at radius 3 is 3.00 bits per heavy atom. The van der Waals surface area contributed by atoms with Crippen molar-refractivity contribution in [3.63, 3.8) is 0 Å². The number of halogens is 2. The van der Waals surface area contributed by atoms with Crippen LogP contribution in [0, 0.1) is 11.3 Å². The molecule has 0 aromatic heterocycles. The van der Waals surface area contributed by atoms with Gasteiger partial charge in [0, 0.05) is 16.6 Å². The molecule has 0 unspecified atom stereocenters. The first-order valence-corrected chi connectivity index (χ1v) is 6.24. The summed E-state index contributed by atoms with van der Waals surface area (Å²) in [5.74, 6) is 0.266. The lowest BCUT2D eigenvalue weighted by Gasteiger charge is -2.18. The molecule has 1 heterocycles. The zero-order valence-corrected chi connectivity index (χ0v) is 11.6. The summed E-state index contributed by atoms with van der Waals surface area (Å²) in [4.78, 5) is 0. The van der Waals surface area contributed by atoms with Crippen LogP contribution in [0.3, 0.4) is 0 Å². The summed E-state index contributed by atoms with van der Waals surface area (Å²) in [5.41, 5.74) is 5.56. The van der Waals surface area contributed by atoms with Gasteiger partial charge in [-0.2, -0.15) is 5.26 Å². The summed E-state index contributed by atoms with van der Waals surface area (Å²) in [7, 11) is -1.12. The Labute approximate surface area is 121 Å². The van der Waals surface area contributed by atoms with Crippen molar-refractivity contribution in [1.29, 1.82) is 5.26 Å². The lowest BCUT2D eigenvalue weighted by molar-refractivity contribution is 0.265. The molecule has 2 rings (SSSR count). The predicted octanol–water partition coefficient (Wildman–Crippen LogP) is 0.831. The summed E-state index contributed by atoms with van der Waals surface area (Å²) in [6, 6.07) is 3.43. The smallest absolute Gasteiger partial charge is 0.489 e. The molecule has 5 nitrogen and oxygen atoms in total. The second-order valence-corrected chi connectivity index (χ2v) is 5.33. The van der Waals surface area contributed by atoms with Gasteiger partial charge in [-0.25, -0.2) is 0 Å². The van der Waals surface area contributed by atoms with Gasteiger partial charge in [-0.05, 0) is 12.5 Å². The normalized spacial score (nSPS) is 16.7. The van der Waals surface area contributed by atoms with E-state index >= 15 is 0 Å². The number of nitrogens with two attached hydrogens (primary N) is 1. The van der Waals surface area contributed by atoms with E-state index in [1.807, 2.05) is 6.07 Å². The Kier molecular flexibility index (Phi) is 3.95. The first kappa shape index (κ1) is 14.4. The van der Waals surface area contributed by atoms with Crippen LogP contribution in [0.15, 0.2) is 6.07 Å². The second-order valence-electron chi connectivity index (χ2n) is 4.54. The van der Waals surface area contributed by atoms with Crippen molar-refractivity contribution in [2.75, 3.05) is 6.61 Å². The molecular formula is C11H11BCl2N2O3. The first-order valence-electron chi connectivity index (χ1n) is 5.49. The minimum Gasteiger partial charge on any atom is -0.489 e. The maximum atomic E-state index is 9.69. The summed E-state index contributed by atoms with van der Waals surface area (Å²) in [6.45, 7) is 1.69. The number of nitrogens with zero attached hydrogens (tertiary/aromatic N) is 1. The topological polar surface area (TPSA) is 88.5 Å². The Hall–Kier alpha value is -0.965. The molecule has 100 valence electrons. The molecule has 0 radical (unpaired) electrons. The number of ether oxygens (including phenoxy) is 1. The maximum absolute atomic E-state index is 9.69. The fraction of sp³-hybridized carbons (Fsp3) is 0.364. The minimum atomic E-state index is -1.13. The average molecular weight is 301 g/mol. The van der Waals surface area contributed by atoms with E-state index in [1.165, 1.54) is 13.0 Å². The fourth-order valence-electron chi connectivity index (χ4n) is 1.67. The van der Waals surface area contributed by atoms with Crippen LogP contribution in [0.25, 0.3) is 0 Å². The van der Waals surface area contributed by atoms with Crippen LogP contribution in [0.1, 0.15) is 12.5 Å². The molecule has 1 atom stereocenters. The Bertz CT molecular complexity index is 560. The molecule has 1 aliphatic rings. The largest absolute Gasteiger partial charge is 0.493 e. The number of benzene rings is 1. The van der Waals surface area contributed by atoms with Crippen LogP contribution in [-0.4, -0.2) is 24.3 Å². The number of hydrogen-bond donors (Lipinski definition) is 2. The molecule has 0 bridgehead atoms. The molecule has 0 fully saturated rings. The van der Waals surface area contributed by atoms with Crippen LogP contribution in [0.4, 0.5) is 0 Å². The lowest BCUT2D eigenvalue weighted by atomic mass is 9.79. The summed E-state index contributed by atoms with van der Waals surface area (Å²) in [5, 5.41) is 19.1. The van der Waals surface area contributed by atoms with Crippen molar-refractivity contribution >= 4 is 35.8 Å². The second kappa shape index (κ2) is 5.20. The van der Waals surface area contributed by atoms with Gasteiger partial charge >= 0.3 is 7.12 Å². The van der Waals surface area contributed by atoms with E-state index in [1.54, 1.807) is 0 Å². The third kappa shape index (κ3) is 2.81. The Morgan fingerprint density at radius 2 is 2.37 bits per heavy atom. The highest BCUT2D eigenvalue weighted by Crippen LogP contribution is 2.33. The molecule has 0 aliphatic carbocycles. The van der Waals surface area contributed by atoms with E-state index in [0.29, 0.717) is 16.0 Å². The monoisotopic (exact) mass is 300 g/mol. The van der Waals surface area contributed by atoms with E-state index in [0.717, 1.165) is 0 Å². The fourth-order valence-corrected chi connectivity index (χ4v) is 2.25. The van der Waals surface area contributed by atoms with Crippen molar-refractivity contribution < 1.29 is 14.4 Å². The van der Waals surface area contributed by atoms with E-state index in [-0.39, 0.29) is 24.0 Å². The van der Waals surface area contributed by atoms with Crippen molar-refractivity contribution in [2.45, 2.75) is 19.1 Å². The van der Waals surface area contributed by atoms with Gasteiger partial charge in [-0.1, -0.05) is 23.2 Å². The zero-order chi connectivity index (χ0) is 14.2. The predicted molar refractivity (Wildman–Crippen MR) is 72.6 cm³/mol. The molecule has 1 aromatic rings. The van der Waals surface area contributed by atoms with Gasteiger partial charge < -0.3 is 20.1 Å². The molecule has 0 amide bonds. The van der Waals surface area contributed by atoms with Crippen molar-refractivity contribution in [1.82, 2.24) is 0 Å². The molecule has 1 aromatic carbocycles. The molecule has 0 spiro atoms. The van der Waals surface area contributed by atoms with Gasteiger partial charge in [0.25, 0.3) is 0 Å². The van der Waals surface area contributed by atoms with Crippen LogP contribution < -0.4 is 15.9 Å². The first-order chi connectivity index (χ1) is 8.85. The standard InChI is InChI=1S/C11H11BCl2N2O3/c1-11(16,4-15)5-18-8-2-7(13)6-3-19-12(17)9(6)10(8)14/h2,17H,3,5,16H2,1H3/t11-/m1/s1. The minimum absolute atomic E-state index is 0.0463. The average Bonchev–Trinajstić information content (AvgIpc) is 2.75. The zero-order valence-electron chi connectivity index (χ0n) is 10.1. The highest BCUT2D eigenvalue weighted by Gasteiger charge is 2.34. The van der Waals surface area contributed by atoms with Crippen LogP contribution in [0.2, 0.25) is 10.0 Å². The molecule has 8 heteroatoms. The van der Waals surface area contributed by atoms with Crippen molar-refractivity contribution in [3.8, 4) is 11.8 Å². The Morgan fingerprint density at radius 1 is 1.68 bits per heavy atom. The molecule has 1 aliphatic heterocycles. The molecule has 3 N–H and O–H groups in total. The summed E-state index contributed by atoms with van der Waals surface area (Å²) in [6.07, 6.45) is 0. The number of hydrogen-bond acceptors (Lipinski definition) is 5. The lowest BCUT2D eigenvalue weighted by Crippen LogP contribution is -2.41. The third-order valence-electron chi connectivity index (χ3n) is 2.74. The van der Waals surface area contributed by atoms with Crippen LogP contribution >= 0.6 is 23.2 Å². The molecule has 0 saturated heterocycles. The van der Waals surface area contributed by atoms with Crippen molar-refractivity contribution in [2.24, 2.45) is 5.73 Å². The van der Waals surface area contributed by atoms with Gasteiger partial charge in [0.05, 0.1) is 17.7 Å². The molecular weight excluding hydrogens is 290 g/mol. The van der Waals surface area contributed by atoms with Gasteiger partial charge in [0.2, 0.25) is 0 Å². The summed E-state index contributed by atoms with van der Waals surface area (Å²) >= 11 is 12.2. The molecule has 0 saturated carbocycles. The van der Waals surface area contributed by atoms with Crippen molar-refractivity contribution in [3.05, 3.63) is 21.7 Å². The van der Waals surface area contributed by atoms with E-state index in [9.17, 15) is 5.02 Å². The van der Waals surface area contributed by atoms with E-state index < -0.39 is 12.7 Å². The van der Waals surface area contributed by atoms with Gasteiger partial charge in [-0.15, -0.1) is 0 Å². The number of nitriles is 1. The van der Waals surface area contributed by atoms with Gasteiger partial charge in [-0.3, -0.25) is 0 Å². The molecule has 19 heavy (non-hydrogen) atoms. The van der Waals surface area contributed by atoms with Gasteiger partial charge in [0.15, 0.2) is 0 Å². The highest BCUT2D eigenvalue weighted by molar-refractivity contribution is 6.66. The SMILES string of the molecule is C[C@@](N)(C#N)COc1cc(Cl)c2c(c1Cl)B(O)OC2. The quantitative estimate of drug-likeness (QED) is 0.807. The summed E-state index contributed by atoms with van der Waals surface area (Å²) < 4.78 is 10.5. The van der Waals surface area contributed by atoms with Crippen LogP contribution in [0.5, 0.6) is 5.75 Å². The van der Waals surface area contributed by atoms with E-state index in [4.69, 9.17) is 43.6 Å². The third-order valence-corrected chi connectivity index (χ3v) is 3.47. The number of fused-ring (bicyclic) bond motifs is 1. The highest BCUT2D eigenvalue weighted by atomic mass is 35.5. The Balaban J connectivity index is 2.31. The van der Waals surface area contributed by atoms with E-state index in [2.05, 4.69) is 0 Å². The van der Waals surface area contributed by atoms with Gasteiger partial charge in [0.1, 0.15) is 17.9 Å². The van der Waals surface area contributed by atoms with Crippen LogP contribution in [-0.2, 0) is 11.3 Å².